The average molecular weight is 516 g/mol. The number of para-hydroxylation sites is 1. The number of benzene rings is 6. The van der Waals surface area contributed by atoms with Gasteiger partial charge >= 0.3 is 0 Å². The third-order valence-electron chi connectivity index (χ3n) is 7.64. The van der Waals surface area contributed by atoms with Gasteiger partial charge in [-0.3, -0.25) is 0 Å². The molecule has 0 bridgehead atoms. The van der Waals surface area contributed by atoms with Gasteiger partial charge in [-0.25, -0.2) is 0 Å². The number of fused-ring (bicyclic) bond motifs is 7. The van der Waals surface area contributed by atoms with Crippen LogP contribution >= 0.6 is 0 Å². The van der Waals surface area contributed by atoms with Gasteiger partial charge in [0.1, 0.15) is 0 Å². The summed E-state index contributed by atoms with van der Waals surface area (Å²) < 4.78 is 2.30. The minimum absolute atomic E-state index is 1.17. The van der Waals surface area contributed by atoms with Gasteiger partial charge in [0.2, 0.25) is 0 Å². The fourth-order valence-corrected chi connectivity index (χ4v) is 5.86. The molecule has 194 valence electrons. The van der Waals surface area contributed by atoms with Gasteiger partial charge in [-0.15, -0.1) is 0 Å². The highest BCUT2D eigenvalue weighted by Gasteiger charge is 2.14. The molecule has 0 saturated heterocycles. The maximum absolute atomic E-state index is 4.01. The molecular weight excluding hydrogens is 482 g/mol. The summed E-state index contributed by atoms with van der Waals surface area (Å²) in [6.07, 6.45) is 6.18. The lowest BCUT2D eigenvalue weighted by atomic mass is 9.93. The summed E-state index contributed by atoms with van der Waals surface area (Å²) in [4.78, 5) is 0. The molecule has 0 aliphatic heterocycles. The fourth-order valence-electron chi connectivity index (χ4n) is 5.86. The van der Waals surface area contributed by atoms with Crippen molar-refractivity contribution in [2.75, 3.05) is 0 Å². The van der Waals surface area contributed by atoms with Crippen molar-refractivity contribution < 1.29 is 0 Å². The Morgan fingerprint density at radius 2 is 1.05 bits per heavy atom. The summed E-state index contributed by atoms with van der Waals surface area (Å²) in [5.41, 5.74) is 7.34. The van der Waals surface area contributed by atoms with Crippen LogP contribution in [-0.2, 0) is 0 Å². The third kappa shape index (κ3) is 4.40. The molecule has 1 aromatic heterocycles. The lowest BCUT2D eigenvalue weighted by Crippen LogP contribution is -1.96. The molecule has 1 heteroatoms. The second-order valence-corrected chi connectivity index (χ2v) is 10.3. The van der Waals surface area contributed by atoms with Crippen LogP contribution in [0.15, 0.2) is 128 Å². The van der Waals surface area contributed by atoms with E-state index in [4.69, 9.17) is 0 Å². The largest absolute Gasteiger partial charge is 0.309 e. The molecule has 6 aromatic carbocycles. The smallest absolute Gasteiger partial charge is 0.0541 e. The number of nitrogens with zero attached hydrogens (tertiary/aromatic N) is 1. The van der Waals surface area contributed by atoms with Crippen molar-refractivity contribution in [3.05, 3.63) is 150 Å². The predicted octanol–water partition coefficient (Wildman–Crippen LogP) is 11.1. The maximum Gasteiger partial charge on any atom is 0.0541 e. The number of aryl methyl sites for hydroxylation is 2. The topological polar surface area (TPSA) is 4.93 Å². The van der Waals surface area contributed by atoms with E-state index in [0.29, 0.717) is 0 Å². The van der Waals surface area contributed by atoms with Crippen LogP contribution in [0.1, 0.15) is 29.3 Å². The van der Waals surface area contributed by atoms with Crippen LogP contribution in [0, 0.1) is 13.8 Å². The Labute approximate surface area is 236 Å². The van der Waals surface area contributed by atoms with Gasteiger partial charge in [0.15, 0.2) is 0 Å². The third-order valence-corrected chi connectivity index (χ3v) is 7.64. The van der Waals surface area contributed by atoms with Gasteiger partial charge in [-0.1, -0.05) is 121 Å². The Morgan fingerprint density at radius 1 is 0.550 bits per heavy atom. The van der Waals surface area contributed by atoms with Gasteiger partial charge in [0.25, 0.3) is 0 Å². The molecule has 0 N–H and O–H groups in total. The fraction of sp³-hybridized carbons (Fsp3) is 0.0769. The monoisotopic (exact) mass is 515 g/mol. The van der Waals surface area contributed by atoms with Crippen molar-refractivity contribution in [2.45, 2.75) is 20.8 Å². The summed E-state index contributed by atoms with van der Waals surface area (Å²) in [5.74, 6) is 0. The summed E-state index contributed by atoms with van der Waals surface area (Å²) in [6, 6.07) is 41.2. The molecule has 1 heterocycles. The highest BCUT2D eigenvalue weighted by molar-refractivity contribution is 6.25. The first kappa shape index (κ1) is 25.4. The molecule has 0 amide bonds. The predicted molar refractivity (Wildman–Crippen MR) is 177 cm³/mol. The zero-order chi connectivity index (χ0) is 27.6. The Morgan fingerprint density at radius 3 is 1.62 bits per heavy atom. The maximum atomic E-state index is 4.01. The Bertz CT molecular complexity index is 2000. The highest BCUT2D eigenvalue weighted by atomic mass is 15.0. The first-order chi connectivity index (χ1) is 19.6. The van der Waals surface area contributed by atoms with E-state index in [9.17, 15) is 0 Å². The first-order valence-corrected chi connectivity index (χ1v) is 13.9. The molecule has 40 heavy (non-hydrogen) atoms. The standard InChI is InChI=1S/C20H19N.C19H14/c1-4-9-19-17(5-2)18-14-15(3)12-13-20(18)21(19)16-10-7-6-8-11-16;1-13-10-11-18-16-8-3-2-6-14(16)15-7-4-5-9-17(15)19(18)12-13/h4-14H,2H2,1,3H3;2-12H,1H3/b9-4-;. The molecule has 0 spiro atoms. The van der Waals surface area contributed by atoms with Crippen molar-refractivity contribution in [3.8, 4) is 5.69 Å². The Hall–Kier alpha value is -4.88. The van der Waals surface area contributed by atoms with E-state index in [1.807, 2.05) is 19.1 Å². The molecule has 0 fully saturated rings. The van der Waals surface area contributed by atoms with E-state index in [1.165, 1.54) is 71.3 Å². The molecule has 7 aromatic rings. The van der Waals surface area contributed by atoms with Gasteiger partial charge in [-0.2, -0.15) is 0 Å². The molecule has 1 nitrogen and oxygen atoms in total. The Balaban J connectivity index is 0.000000145. The van der Waals surface area contributed by atoms with E-state index in [-0.39, 0.29) is 0 Å². The number of rotatable bonds is 3. The zero-order valence-corrected chi connectivity index (χ0v) is 23.4. The zero-order valence-electron chi connectivity index (χ0n) is 23.4. The van der Waals surface area contributed by atoms with Crippen LogP contribution in [-0.4, -0.2) is 4.57 Å². The quantitative estimate of drug-likeness (QED) is 0.206. The van der Waals surface area contributed by atoms with Crippen molar-refractivity contribution in [1.82, 2.24) is 4.57 Å². The van der Waals surface area contributed by atoms with Crippen LogP contribution in [0.25, 0.3) is 61.1 Å². The molecule has 7 rings (SSSR count). The number of allylic oxidation sites excluding steroid dienone is 1. The van der Waals surface area contributed by atoms with Crippen molar-refractivity contribution in [1.29, 1.82) is 0 Å². The van der Waals surface area contributed by atoms with Crippen LogP contribution in [0.5, 0.6) is 0 Å². The SMILES string of the molecule is C=Cc1c(/C=C\C)n(-c2ccccc2)c2ccc(C)cc12.Cc1ccc2c3ccccc3c3ccccc3c2c1. The molecule has 0 aliphatic rings. The summed E-state index contributed by atoms with van der Waals surface area (Å²) >= 11 is 0. The van der Waals surface area contributed by atoms with Crippen molar-refractivity contribution >= 4 is 55.4 Å². The normalized spacial score (nSPS) is 11.4. The number of hydrogen-bond donors (Lipinski definition) is 0. The lowest BCUT2D eigenvalue weighted by molar-refractivity contribution is 1.10. The molecule has 0 unspecified atom stereocenters. The van der Waals surface area contributed by atoms with Crippen LogP contribution in [0.4, 0.5) is 0 Å². The van der Waals surface area contributed by atoms with E-state index >= 15 is 0 Å². The summed E-state index contributed by atoms with van der Waals surface area (Å²) in [5, 5.41) is 9.33. The first-order valence-electron chi connectivity index (χ1n) is 13.9. The lowest BCUT2D eigenvalue weighted by Gasteiger charge is -2.10. The van der Waals surface area contributed by atoms with Gasteiger partial charge in [-0.05, 0) is 83.4 Å². The van der Waals surface area contributed by atoms with E-state index in [0.717, 1.165) is 0 Å². The van der Waals surface area contributed by atoms with Gasteiger partial charge in [0.05, 0.1) is 11.2 Å². The summed E-state index contributed by atoms with van der Waals surface area (Å²) in [6.45, 7) is 10.3. The summed E-state index contributed by atoms with van der Waals surface area (Å²) in [7, 11) is 0. The average Bonchev–Trinajstić information content (AvgIpc) is 3.30. The van der Waals surface area contributed by atoms with Crippen molar-refractivity contribution in [3.63, 3.8) is 0 Å². The Kier molecular flexibility index (Phi) is 6.80. The van der Waals surface area contributed by atoms with Crippen LogP contribution in [0.3, 0.4) is 0 Å². The van der Waals surface area contributed by atoms with E-state index < -0.39 is 0 Å². The van der Waals surface area contributed by atoms with Gasteiger partial charge < -0.3 is 4.57 Å². The number of aromatic nitrogens is 1. The molecule has 0 saturated carbocycles. The highest BCUT2D eigenvalue weighted by Crippen LogP contribution is 2.35. The molecule has 0 radical (unpaired) electrons. The minimum atomic E-state index is 1.17. The second kappa shape index (κ2) is 10.7. The van der Waals surface area contributed by atoms with Crippen molar-refractivity contribution in [2.24, 2.45) is 0 Å². The van der Waals surface area contributed by atoms with Gasteiger partial charge in [0, 0.05) is 16.6 Å². The number of hydrogen-bond acceptors (Lipinski definition) is 0. The van der Waals surface area contributed by atoms with Crippen LogP contribution in [0.2, 0.25) is 0 Å². The van der Waals surface area contributed by atoms with E-state index in [2.05, 4.69) is 146 Å². The van der Waals surface area contributed by atoms with E-state index in [1.54, 1.807) is 0 Å². The second-order valence-electron chi connectivity index (χ2n) is 10.3. The molecular formula is C39H33N. The van der Waals surface area contributed by atoms with Crippen LogP contribution < -0.4 is 0 Å². The minimum Gasteiger partial charge on any atom is -0.309 e. The molecule has 0 aliphatic carbocycles. The molecule has 0 atom stereocenters.